The van der Waals surface area contributed by atoms with Crippen LogP contribution >= 0.6 is 0 Å². The fourth-order valence-electron chi connectivity index (χ4n) is 3.66. The molecular formula is C28H34N4O4. The summed E-state index contributed by atoms with van der Waals surface area (Å²) >= 11 is 0. The maximum absolute atomic E-state index is 12.4. The summed E-state index contributed by atoms with van der Waals surface area (Å²) in [7, 11) is 4.01. The Morgan fingerprint density at radius 3 is 2.08 bits per heavy atom. The summed E-state index contributed by atoms with van der Waals surface area (Å²) in [6.07, 6.45) is 0.935. The van der Waals surface area contributed by atoms with Crippen LogP contribution in [-0.2, 0) is 16.1 Å². The molecule has 1 amide bonds. The summed E-state index contributed by atoms with van der Waals surface area (Å²) in [5, 5.41) is 14.5. The fraction of sp³-hybridized carbons (Fsp3) is 0.286. The molecule has 0 fully saturated rings. The third-order valence-corrected chi connectivity index (χ3v) is 5.46. The molecule has 8 nitrogen and oxygen atoms in total. The molecule has 0 aromatic heterocycles. The van der Waals surface area contributed by atoms with Crippen molar-refractivity contribution in [2.24, 2.45) is 0 Å². The lowest BCUT2D eigenvalue weighted by atomic mass is 10.2. The van der Waals surface area contributed by atoms with Crippen molar-refractivity contribution in [3.8, 4) is 11.5 Å². The number of carboxylic acids is 1. The smallest absolute Gasteiger partial charge is 0.322 e. The number of rotatable bonds is 14. The van der Waals surface area contributed by atoms with Crippen LogP contribution in [0.25, 0.3) is 0 Å². The minimum atomic E-state index is -0.885. The number of anilines is 2. The summed E-state index contributed by atoms with van der Waals surface area (Å²) in [5.74, 6) is 0.541. The van der Waals surface area contributed by atoms with E-state index in [1.54, 1.807) is 0 Å². The van der Waals surface area contributed by atoms with E-state index >= 15 is 0 Å². The molecule has 0 aliphatic rings. The monoisotopic (exact) mass is 490 g/mol. The van der Waals surface area contributed by atoms with Crippen LogP contribution in [0.2, 0.25) is 0 Å². The van der Waals surface area contributed by atoms with Crippen LogP contribution in [-0.4, -0.2) is 67.1 Å². The van der Waals surface area contributed by atoms with E-state index in [9.17, 15) is 9.59 Å². The van der Waals surface area contributed by atoms with Gasteiger partial charge in [-0.25, -0.2) is 0 Å². The van der Waals surface area contributed by atoms with E-state index in [2.05, 4.69) is 22.6 Å². The largest absolute Gasteiger partial charge is 0.480 e. The van der Waals surface area contributed by atoms with Crippen molar-refractivity contribution in [1.29, 1.82) is 0 Å². The Bertz CT molecular complexity index is 1090. The molecule has 0 heterocycles. The van der Waals surface area contributed by atoms with Gasteiger partial charge in [0.1, 0.15) is 18.0 Å². The van der Waals surface area contributed by atoms with Gasteiger partial charge in [-0.05, 0) is 87.7 Å². The second kappa shape index (κ2) is 13.9. The van der Waals surface area contributed by atoms with Crippen LogP contribution in [0.4, 0.5) is 11.4 Å². The SMILES string of the molecule is CN(CCCN(C)Cc1ccc(NCC(=O)O)cc1)CC(=O)Nc1ccc(Oc2ccccc2)cc1. The molecule has 0 aliphatic heterocycles. The zero-order valence-corrected chi connectivity index (χ0v) is 20.8. The predicted octanol–water partition coefficient (Wildman–Crippen LogP) is 4.37. The van der Waals surface area contributed by atoms with Gasteiger partial charge in [-0.3, -0.25) is 14.5 Å². The maximum Gasteiger partial charge on any atom is 0.322 e. The number of aliphatic carboxylic acids is 1. The second-order valence-corrected chi connectivity index (χ2v) is 8.76. The summed E-state index contributed by atoms with van der Waals surface area (Å²) in [6, 6.07) is 24.7. The van der Waals surface area contributed by atoms with E-state index < -0.39 is 5.97 Å². The minimum absolute atomic E-state index is 0.0563. The number of carboxylic acid groups (broad SMARTS) is 1. The van der Waals surface area contributed by atoms with Gasteiger partial charge in [0, 0.05) is 17.9 Å². The predicted molar refractivity (Wildman–Crippen MR) is 143 cm³/mol. The molecule has 36 heavy (non-hydrogen) atoms. The molecule has 0 unspecified atom stereocenters. The topological polar surface area (TPSA) is 94.1 Å². The number of benzene rings is 3. The molecule has 0 radical (unpaired) electrons. The van der Waals surface area contributed by atoms with Crippen LogP contribution in [0, 0.1) is 0 Å². The molecule has 0 atom stereocenters. The highest BCUT2D eigenvalue weighted by molar-refractivity contribution is 5.92. The lowest BCUT2D eigenvalue weighted by molar-refractivity contribution is -0.135. The van der Waals surface area contributed by atoms with E-state index in [0.717, 1.165) is 48.7 Å². The van der Waals surface area contributed by atoms with Gasteiger partial charge in [0.25, 0.3) is 0 Å². The molecule has 0 saturated carbocycles. The van der Waals surface area contributed by atoms with Crippen LogP contribution in [0.3, 0.4) is 0 Å². The van der Waals surface area contributed by atoms with Crippen LogP contribution in [0.15, 0.2) is 78.9 Å². The Morgan fingerprint density at radius 2 is 1.42 bits per heavy atom. The molecule has 0 aliphatic carbocycles. The van der Waals surface area contributed by atoms with Gasteiger partial charge in [-0.15, -0.1) is 0 Å². The van der Waals surface area contributed by atoms with Gasteiger partial charge in [0.2, 0.25) is 5.91 Å². The van der Waals surface area contributed by atoms with Crippen LogP contribution in [0.1, 0.15) is 12.0 Å². The summed E-state index contributed by atoms with van der Waals surface area (Å²) in [5.41, 5.74) is 2.68. The molecule has 0 bridgehead atoms. The highest BCUT2D eigenvalue weighted by Gasteiger charge is 2.08. The number of hydrogen-bond acceptors (Lipinski definition) is 6. The van der Waals surface area contributed by atoms with E-state index in [-0.39, 0.29) is 12.5 Å². The first-order chi connectivity index (χ1) is 17.4. The number of amides is 1. The average molecular weight is 491 g/mol. The number of nitrogens with one attached hydrogen (secondary N) is 2. The first kappa shape index (κ1) is 26.7. The first-order valence-corrected chi connectivity index (χ1v) is 11.9. The molecule has 190 valence electrons. The first-order valence-electron chi connectivity index (χ1n) is 11.9. The van der Waals surface area contributed by atoms with E-state index in [4.69, 9.17) is 9.84 Å². The van der Waals surface area contributed by atoms with E-state index in [1.165, 1.54) is 0 Å². The number of hydrogen-bond donors (Lipinski definition) is 3. The summed E-state index contributed by atoms with van der Waals surface area (Å²) in [6.45, 7) is 2.72. The Morgan fingerprint density at radius 1 is 0.806 bits per heavy atom. The van der Waals surface area contributed by atoms with E-state index in [1.807, 2.05) is 90.8 Å². The highest BCUT2D eigenvalue weighted by Crippen LogP contribution is 2.22. The van der Waals surface area contributed by atoms with Crippen molar-refractivity contribution in [1.82, 2.24) is 9.80 Å². The molecular weight excluding hydrogens is 456 g/mol. The average Bonchev–Trinajstić information content (AvgIpc) is 2.85. The fourth-order valence-corrected chi connectivity index (χ4v) is 3.66. The van der Waals surface area contributed by atoms with Gasteiger partial charge in [-0.1, -0.05) is 30.3 Å². The maximum atomic E-state index is 12.4. The van der Waals surface area contributed by atoms with Crippen molar-refractivity contribution < 1.29 is 19.4 Å². The Labute approximate surface area is 212 Å². The zero-order chi connectivity index (χ0) is 25.8. The van der Waals surface area contributed by atoms with Crippen molar-refractivity contribution in [2.45, 2.75) is 13.0 Å². The Kier molecular flexibility index (Phi) is 10.3. The van der Waals surface area contributed by atoms with Crippen LogP contribution < -0.4 is 15.4 Å². The molecule has 0 spiro atoms. The summed E-state index contributed by atoms with van der Waals surface area (Å²) in [4.78, 5) is 27.3. The lowest BCUT2D eigenvalue weighted by Crippen LogP contribution is -2.32. The number of nitrogens with zero attached hydrogens (tertiary/aromatic N) is 2. The Balaban J connectivity index is 1.32. The molecule has 8 heteroatoms. The second-order valence-electron chi connectivity index (χ2n) is 8.76. The van der Waals surface area contributed by atoms with Gasteiger partial charge < -0.3 is 25.4 Å². The zero-order valence-electron chi connectivity index (χ0n) is 20.8. The van der Waals surface area contributed by atoms with Crippen molar-refractivity contribution in [3.63, 3.8) is 0 Å². The van der Waals surface area contributed by atoms with Gasteiger partial charge in [0.15, 0.2) is 0 Å². The standard InChI is InChI=1S/C28H34N4O4/c1-31(20-22-9-11-23(12-10-22)29-19-28(34)35)17-6-18-32(2)21-27(33)30-24-13-15-26(16-14-24)36-25-7-4-3-5-8-25/h3-5,7-16,29H,6,17-21H2,1-2H3,(H,30,33)(H,34,35). The van der Waals surface area contributed by atoms with E-state index in [0.29, 0.717) is 12.3 Å². The Hall–Kier alpha value is -3.88. The number of para-hydroxylation sites is 1. The summed E-state index contributed by atoms with van der Waals surface area (Å²) < 4.78 is 5.78. The van der Waals surface area contributed by atoms with Gasteiger partial charge in [0.05, 0.1) is 6.54 Å². The molecule has 3 N–H and O–H groups in total. The molecule has 0 saturated heterocycles. The third kappa shape index (κ3) is 9.77. The number of likely N-dealkylation sites (N-methyl/N-ethyl adjacent to an activating group) is 1. The molecule has 3 aromatic carbocycles. The highest BCUT2D eigenvalue weighted by atomic mass is 16.5. The van der Waals surface area contributed by atoms with Gasteiger partial charge in [-0.2, -0.15) is 0 Å². The lowest BCUT2D eigenvalue weighted by Gasteiger charge is -2.20. The molecule has 3 aromatic rings. The van der Waals surface area contributed by atoms with Gasteiger partial charge >= 0.3 is 5.97 Å². The number of carbonyl (C=O) groups is 2. The van der Waals surface area contributed by atoms with Crippen LogP contribution in [0.5, 0.6) is 11.5 Å². The third-order valence-electron chi connectivity index (χ3n) is 5.46. The number of ether oxygens (including phenoxy) is 1. The molecule has 3 rings (SSSR count). The minimum Gasteiger partial charge on any atom is -0.480 e. The van der Waals surface area contributed by atoms with Crippen molar-refractivity contribution in [3.05, 3.63) is 84.4 Å². The quantitative estimate of drug-likeness (QED) is 0.309. The number of carbonyl (C=O) groups excluding carboxylic acids is 1. The van der Waals surface area contributed by atoms with Crippen molar-refractivity contribution >= 4 is 23.3 Å². The van der Waals surface area contributed by atoms with Crippen molar-refractivity contribution in [2.75, 3.05) is 50.9 Å². The normalized spacial score (nSPS) is 10.9.